The number of hydrogen-bond donors (Lipinski definition) is 0. The fourth-order valence-electron chi connectivity index (χ4n) is 8.80. The van der Waals surface area contributed by atoms with Crippen molar-refractivity contribution < 1.29 is 28.6 Å². The van der Waals surface area contributed by atoms with Gasteiger partial charge in [-0.25, -0.2) is 0 Å². The summed E-state index contributed by atoms with van der Waals surface area (Å²) in [7, 11) is 0. The van der Waals surface area contributed by atoms with Crippen molar-refractivity contribution >= 4 is 17.9 Å². The van der Waals surface area contributed by atoms with E-state index in [0.29, 0.717) is 19.3 Å². The van der Waals surface area contributed by atoms with Gasteiger partial charge in [0, 0.05) is 19.3 Å². The second-order valence-corrected chi connectivity index (χ2v) is 20.6. The number of rotatable bonds is 56. The summed E-state index contributed by atoms with van der Waals surface area (Å²) in [5, 5.41) is 0. The largest absolute Gasteiger partial charge is 0.462 e. The highest BCUT2D eigenvalue weighted by atomic mass is 16.6. The van der Waals surface area contributed by atoms with E-state index in [9.17, 15) is 14.4 Å². The van der Waals surface area contributed by atoms with Gasteiger partial charge in [-0.05, 0) is 89.9 Å². The van der Waals surface area contributed by atoms with Crippen molar-refractivity contribution in [2.75, 3.05) is 13.2 Å². The van der Waals surface area contributed by atoms with Gasteiger partial charge in [0.05, 0.1) is 0 Å². The minimum atomic E-state index is -0.778. The molecule has 6 heteroatoms. The summed E-state index contributed by atoms with van der Waals surface area (Å²) >= 11 is 0. The Morgan fingerprint density at radius 1 is 0.288 bits per heavy atom. The lowest BCUT2D eigenvalue weighted by molar-refractivity contribution is -0.167. The van der Waals surface area contributed by atoms with Crippen LogP contribution in [0.1, 0.15) is 303 Å². The molecule has 0 spiro atoms. The van der Waals surface area contributed by atoms with Crippen LogP contribution in [0.4, 0.5) is 0 Å². The summed E-state index contributed by atoms with van der Waals surface area (Å²) < 4.78 is 16.9. The average Bonchev–Trinajstić information content (AvgIpc) is 3.39. The first-order valence-corrected chi connectivity index (χ1v) is 31.1. The van der Waals surface area contributed by atoms with Crippen LogP contribution in [0.3, 0.4) is 0 Å². The monoisotopic (exact) mass is 1020 g/mol. The molecule has 0 aromatic rings. The molecule has 420 valence electrons. The third-order valence-corrected chi connectivity index (χ3v) is 13.4. The molecule has 73 heavy (non-hydrogen) atoms. The maximum absolute atomic E-state index is 12.8. The zero-order valence-corrected chi connectivity index (χ0v) is 48.1. The third-order valence-electron chi connectivity index (χ3n) is 13.4. The van der Waals surface area contributed by atoms with E-state index >= 15 is 0 Å². The quantitative estimate of drug-likeness (QED) is 0.0261. The first-order valence-electron chi connectivity index (χ1n) is 31.1. The molecule has 0 bridgehead atoms. The van der Waals surface area contributed by atoms with Crippen LogP contribution in [-0.4, -0.2) is 37.2 Å². The van der Waals surface area contributed by atoms with E-state index < -0.39 is 6.10 Å². The summed E-state index contributed by atoms with van der Waals surface area (Å²) in [6.45, 7) is 6.41. The predicted octanol–water partition coefficient (Wildman–Crippen LogP) is 21.1. The van der Waals surface area contributed by atoms with Crippen LogP contribution in [0.2, 0.25) is 0 Å². The molecular weight excluding hydrogens is 901 g/mol. The van der Waals surface area contributed by atoms with Crippen molar-refractivity contribution in [3.63, 3.8) is 0 Å². The molecular formula is C67H116O6. The molecule has 0 rings (SSSR count). The molecule has 0 aliphatic heterocycles. The number of allylic oxidation sites excluding steroid dienone is 14. The van der Waals surface area contributed by atoms with Crippen LogP contribution in [0.5, 0.6) is 0 Å². The lowest BCUT2D eigenvalue weighted by Gasteiger charge is -2.18. The van der Waals surface area contributed by atoms with Crippen LogP contribution in [0.25, 0.3) is 0 Å². The molecule has 0 aromatic carbocycles. The summed E-state index contributed by atoms with van der Waals surface area (Å²) in [4.78, 5) is 38.1. The molecule has 0 aliphatic carbocycles. The Kier molecular flexibility index (Phi) is 58.3. The highest BCUT2D eigenvalue weighted by Gasteiger charge is 2.19. The molecule has 0 aromatic heterocycles. The van der Waals surface area contributed by atoms with Crippen molar-refractivity contribution in [3.8, 4) is 0 Å². The second-order valence-electron chi connectivity index (χ2n) is 20.6. The summed E-state index contributed by atoms with van der Waals surface area (Å²) in [5.41, 5.74) is 0. The number of carbonyl (C=O) groups excluding carboxylic acids is 3. The van der Waals surface area contributed by atoms with Gasteiger partial charge in [-0.15, -0.1) is 0 Å². The van der Waals surface area contributed by atoms with Crippen molar-refractivity contribution in [2.45, 2.75) is 309 Å². The number of carbonyl (C=O) groups is 3. The Hall–Kier alpha value is -3.41. The fraction of sp³-hybridized carbons (Fsp3) is 0.746. The van der Waals surface area contributed by atoms with E-state index in [4.69, 9.17) is 14.2 Å². The molecule has 0 N–H and O–H groups in total. The number of unbranched alkanes of at least 4 members (excludes halogenated alkanes) is 31. The lowest BCUT2D eigenvalue weighted by Crippen LogP contribution is -2.30. The standard InChI is InChI=1S/C67H116O6/c1-4-7-10-13-16-19-21-23-25-27-28-29-30-31-32-33-34-35-36-37-38-40-41-43-45-48-51-54-57-60-66(69)72-63-64(62-71-65(68)59-56-53-50-47-18-15-12-9-6-3)73-67(70)61-58-55-52-49-46-44-42-39-26-24-22-20-17-14-11-8-5-2/h7-8,10-11,16-17,19-20,23-26,28-29,64H,4-6,9,12-15,18,21-22,27,30-63H2,1-3H3/b10-7-,11-8-,19-16-,20-17-,25-23-,26-24-,29-28-. The van der Waals surface area contributed by atoms with Crippen LogP contribution < -0.4 is 0 Å². The van der Waals surface area contributed by atoms with E-state index in [1.54, 1.807) is 0 Å². The molecule has 0 saturated heterocycles. The smallest absolute Gasteiger partial charge is 0.306 e. The number of esters is 3. The third kappa shape index (κ3) is 59.3. The van der Waals surface area contributed by atoms with Gasteiger partial charge in [-0.1, -0.05) is 279 Å². The highest BCUT2D eigenvalue weighted by molar-refractivity contribution is 5.71. The minimum Gasteiger partial charge on any atom is -0.462 e. The zero-order valence-electron chi connectivity index (χ0n) is 48.1. The fourth-order valence-corrected chi connectivity index (χ4v) is 8.80. The van der Waals surface area contributed by atoms with E-state index in [1.807, 2.05) is 0 Å². The van der Waals surface area contributed by atoms with Gasteiger partial charge in [-0.3, -0.25) is 14.4 Å². The maximum atomic E-state index is 12.8. The first-order chi connectivity index (χ1) is 36.0. The molecule has 1 unspecified atom stereocenters. The average molecular weight is 1020 g/mol. The highest BCUT2D eigenvalue weighted by Crippen LogP contribution is 2.17. The number of ether oxygens (including phenoxy) is 3. The predicted molar refractivity (Wildman–Crippen MR) is 316 cm³/mol. The first kappa shape index (κ1) is 69.6. The van der Waals surface area contributed by atoms with Crippen LogP contribution in [0, 0.1) is 0 Å². The molecule has 0 amide bonds. The van der Waals surface area contributed by atoms with Gasteiger partial charge in [0.15, 0.2) is 6.10 Å². The SMILES string of the molecule is CC/C=C\C/C=C\C/C=C\C/C=C\CCCCCCCCCCCCCCCCCCC(=O)OCC(COC(=O)CCCCCCCCCCC)OC(=O)CCCCCCCCC/C=C\C/C=C\C/C=C\CC. The van der Waals surface area contributed by atoms with E-state index in [0.717, 1.165) is 109 Å². The van der Waals surface area contributed by atoms with E-state index in [1.165, 1.54) is 154 Å². The van der Waals surface area contributed by atoms with E-state index in [2.05, 4.69) is 106 Å². The lowest BCUT2D eigenvalue weighted by atomic mass is 10.0. The van der Waals surface area contributed by atoms with Gasteiger partial charge in [0.25, 0.3) is 0 Å². The summed E-state index contributed by atoms with van der Waals surface area (Å²) in [5.74, 6) is -0.879. The Labute approximate surface area is 452 Å². The molecule has 0 fully saturated rings. The van der Waals surface area contributed by atoms with Crippen molar-refractivity contribution in [1.82, 2.24) is 0 Å². The molecule has 0 aliphatic rings. The van der Waals surface area contributed by atoms with Crippen molar-refractivity contribution in [3.05, 3.63) is 85.1 Å². The molecule has 6 nitrogen and oxygen atoms in total. The van der Waals surface area contributed by atoms with Gasteiger partial charge in [0.2, 0.25) is 0 Å². The van der Waals surface area contributed by atoms with Crippen LogP contribution >= 0.6 is 0 Å². The minimum absolute atomic E-state index is 0.0770. The number of hydrogen-bond acceptors (Lipinski definition) is 6. The van der Waals surface area contributed by atoms with Crippen molar-refractivity contribution in [2.24, 2.45) is 0 Å². The summed E-state index contributed by atoms with van der Waals surface area (Å²) in [6.07, 6.45) is 80.3. The molecule has 1 atom stereocenters. The Morgan fingerprint density at radius 3 is 0.836 bits per heavy atom. The van der Waals surface area contributed by atoms with Gasteiger partial charge >= 0.3 is 17.9 Å². The topological polar surface area (TPSA) is 78.9 Å². The molecule has 0 radical (unpaired) electrons. The Balaban J connectivity index is 4.14. The van der Waals surface area contributed by atoms with Gasteiger partial charge in [-0.2, -0.15) is 0 Å². The second kappa shape index (κ2) is 61.1. The molecule has 0 heterocycles. The van der Waals surface area contributed by atoms with Crippen molar-refractivity contribution in [1.29, 1.82) is 0 Å². The normalized spacial score (nSPS) is 12.6. The Bertz CT molecular complexity index is 1400. The van der Waals surface area contributed by atoms with Gasteiger partial charge in [0.1, 0.15) is 13.2 Å². The maximum Gasteiger partial charge on any atom is 0.306 e. The van der Waals surface area contributed by atoms with Gasteiger partial charge < -0.3 is 14.2 Å². The molecule has 0 saturated carbocycles. The Morgan fingerprint density at radius 2 is 0.534 bits per heavy atom. The van der Waals surface area contributed by atoms with E-state index in [-0.39, 0.29) is 31.1 Å². The zero-order chi connectivity index (χ0) is 52.9. The summed E-state index contributed by atoms with van der Waals surface area (Å²) in [6, 6.07) is 0. The van der Waals surface area contributed by atoms with Crippen LogP contribution in [-0.2, 0) is 28.6 Å². The van der Waals surface area contributed by atoms with Crippen LogP contribution in [0.15, 0.2) is 85.1 Å².